The lowest BCUT2D eigenvalue weighted by atomic mass is 10.0. The lowest BCUT2D eigenvalue weighted by Crippen LogP contribution is -2.51. The van der Waals surface area contributed by atoms with Crippen molar-refractivity contribution in [3.63, 3.8) is 0 Å². The molecule has 2 N–H and O–H groups in total. The van der Waals surface area contributed by atoms with Crippen LogP contribution in [-0.2, 0) is 0 Å². The maximum Gasteiger partial charge on any atom is 0.191 e. The van der Waals surface area contributed by atoms with Crippen molar-refractivity contribution in [2.75, 3.05) is 33.8 Å². The standard InChI is InChI=1S/C22H36N4O2.HI/c1-17(28-21-10-6-9-20(15-21)27-3)16-24-22(23-2)25-18-11-13-26(14-12-18)19-7-4-5-8-19;/h6,9-10,15,17-19H,4-5,7-8,11-14,16H2,1-3H3,(H2,23,24,25);1H. The van der Waals surface area contributed by atoms with Crippen LogP contribution in [0.2, 0.25) is 0 Å². The van der Waals surface area contributed by atoms with E-state index in [4.69, 9.17) is 9.47 Å². The van der Waals surface area contributed by atoms with Crippen LogP contribution in [0.15, 0.2) is 29.3 Å². The molecule has 1 unspecified atom stereocenters. The van der Waals surface area contributed by atoms with E-state index in [0.29, 0.717) is 12.6 Å². The topological polar surface area (TPSA) is 58.1 Å². The molecule has 1 aliphatic carbocycles. The zero-order chi connectivity index (χ0) is 19.8. The van der Waals surface area contributed by atoms with Gasteiger partial charge in [0.05, 0.1) is 13.7 Å². The number of piperidine rings is 1. The maximum absolute atomic E-state index is 5.98. The molecular formula is C22H37IN4O2. The predicted octanol–water partition coefficient (Wildman–Crippen LogP) is 3.65. The van der Waals surface area contributed by atoms with Crippen molar-refractivity contribution < 1.29 is 9.47 Å². The number of rotatable bonds is 7. The Morgan fingerprint density at radius 3 is 2.52 bits per heavy atom. The minimum absolute atomic E-state index is 0. The Balaban J connectivity index is 0.00000300. The van der Waals surface area contributed by atoms with Crippen LogP contribution >= 0.6 is 24.0 Å². The summed E-state index contributed by atoms with van der Waals surface area (Å²) in [6.07, 6.45) is 8.01. The van der Waals surface area contributed by atoms with Crippen LogP contribution in [0.3, 0.4) is 0 Å². The van der Waals surface area contributed by atoms with Crippen LogP contribution in [0.25, 0.3) is 0 Å². The summed E-state index contributed by atoms with van der Waals surface area (Å²) in [6.45, 7) is 5.15. The second-order valence-electron chi connectivity index (χ2n) is 7.95. The first kappa shape index (κ1) is 24.1. The van der Waals surface area contributed by atoms with Gasteiger partial charge in [-0.25, -0.2) is 0 Å². The summed E-state index contributed by atoms with van der Waals surface area (Å²) in [4.78, 5) is 7.09. The van der Waals surface area contributed by atoms with Crippen LogP contribution in [0.1, 0.15) is 45.4 Å². The van der Waals surface area contributed by atoms with Crippen LogP contribution in [0, 0.1) is 0 Å². The zero-order valence-electron chi connectivity index (χ0n) is 18.0. The average Bonchev–Trinajstić information content (AvgIpc) is 3.26. The van der Waals surface area contributed by atoms with Gasteiger partial charge in [-0.05, 0) is 44.7 Å². The molecule has 3 rings (SSSR count). The van der Waals surface area contributed by atoms with Gasteiger partial charge in [0.15, 0.2) is 5.96 Å². The van der Waals surface area contributed by atoms with Gasteiger partial charge in [0.1, 0.15) is 17.6 Å². The quantitative estimate of drug-likeness (QED) is 0.329. The fourth-order valence-corrected chi connectivity index (χ4v) is 4.26. The van der Waals surface area contributed by atoms with Gasteiger partial charge >= 0.3 is 0 Å². The Kier molecular flexibility index (Phi) is 10.3. The maximum atomic E-state index is 5.98. The Morgan fingerprint density at radius 2 is 1.86 bits per heavy atom. The van der Waals surface area contributed by atoms with E-state index in [2.05, 4.69) is 27.4 Å². The minimum Gasteiger partial charge on any atom is -0.497 e. The van der Waals surface area contributed by atoms with Crippen molar-refractivity contribution in [1.82, 2.24) is 15.5 Å². The molecule has 6 nitrogen and oxygen atoms in total. The molecule has 1 saturated heterocycles. The largest absolute Gasteiger partial charge is 0.497 e. The van der Waals surface area contributed by atoms with Crippen LogP contribution < -0.4 is 20.1 Å². The molecule has 1 aromatic carbocycles. The number of likely N-dealkylation sites (tertiary alicyclic amines) is 1. The molecule has 0 radical (unpaired) electrons. The number of methoxy groups -OCH3 is 1. The van der Waals surface area contributed by atoms with Gasteiger partial charge < -0.3 is 25.0 Å². The minimum atomic E-state index is 0. The summed E-state index contributed by atoms with van der Waals surface area (Å²) >= 11 is 0. The lowest BCUT2D eigenvalue weighted by molar-refractivity contribution is 0.150. The summed E-state index contributed by atoms with van der Waals surface area (Å²) in [5.41, 5.74) is 0. The molecule has 7 heteroatoms. The first-order chi connectivity index (χ1) is 13.7. The van der Waals surface area contributed by atoms with Crippen molar-refractivity contribution in [3.05, 3.63) is 24.3 Å². The molecule has 2 fully saturated rings. The monoisotopic (exact) mass is 516 g/mol. The van der Waals surface area contributed by atoms with Crippen molar-refractivity contribution in [3.8, 4) is 11.5 Å². The Morgan fingerprint density at radius 1 is 1.17 bits per heavy atom. The summed E-state index contributed by atoms with van der Waals surface area (Å²) in [5, 5.41) is 6.99. The van der Waals surface area contributed by atoms with Gasteiger partial charge in [0.25, 0.3) is 0 Å². The third-order valence-corrected chi connectivity index (χ3v) is 5.87. The molecule has 1 saturated carbocycles. The van der Waals surface area contributed by atoms with Gasteiger partial charge in [0, 0.05) is 38.3 Å². The van der Waals surface area contributed by atoms with E-state index in [1.54, 1.807) is 7.11 Å². The van der Waals surface area contributed by atoms with Crippen molar-refractivity contribution in [2.45, 2.75) is 63.6 Å². The smallest absolute Gasteiger partial charge is 0.191 e. The number of halogens is 1. The molecular weight excluding hydrogens is 479 g/mol. The molecule has 1 heterocycles. The van der Waals surface area contributed by atoms with Gasteiger partial charge in [-0.3, -0.25) is 4.99 Å². The summed E-state index contributed by atoms with van der Waals surface area (Å²) in [7, 11) is 3.49. The second kappa shape index (κ2) is 12.5. The molecule has 0 spiro atoms. The molecule has 1 aromatic rings. The highest BCUT2D eigenvalue weighted by Crippen LogP contribution is 2.26. The number of aliphatic imine (C=N–C) groups is 1. The van der Waals surface area contributed by atoms with Crippen LogP contribution in [0.5, 0.6) is 11.5 Å². The van der Waals surface area contributed by atoms with E-state index < -0.39 is 0 Å². The molecule has 0 amide bonds. The molecule has 1 aliphatic heterocycles. The van der Waals surface area contributed by atoms with Crippen LogP contribution in [0.4, 0.5) is 0 Å². The number of ether oxygens (including phenoxy) is 2. The molecule has 1 atom stereocenters. The number of hydrogen-bond acceptors (Lipinski definition) is 4. The predicted molar refractivity (Wildman–Crippen MR) is 130 cm³/mol. The van der Waals surface area contributed by atoms with Gasteiger partial charge in [-0.15, -0.1) is 24.0 Å². The van der Waals surface area contributed by atoms with Crippen LogP contribution in [-0.4, -0.2) is 62.8 Å². The van der Waals surface area contributed by atoms with Gasteiger partial charge in [-0.1, -0.05) is 18.9 Å². The number of nitrogens with one attached hydrogen (secondary N) is 2. The molecule has 29 heavy (non-hydrogen) atoms. The number of hydrogen-bond donors (Lipinski definition) is 2. The Labute approximate surface area is 192 Å². The fraction of sp³-hybridized carbons (Fsp3) is 0.682. The molecule has 164 valence electrons. The normalized spacial score (nSPS) is 20.0. The first-order valence-corrected chi connectivity index (χ1v) is 10.7. The lowest BCUT2D eigenvalue weighted by Gasteiger charge is -2.36. The van der Waals surface area contributed by atoms with Crippen molar-refractivity contribution >= 4 is 29.9 Å². The van der Waals surface area contributed by atoms with E-state index in [0.717, 1.165) is 23.5 Å². The van der Waals surface area contributed by atoms with E-state index in [1.807, 2.05) is 31.3 Å². The Bertz CT molecular complexity index is 629. The van der Waals surface area contributed by atoms with E-state index in [1.165, 1.54) is 51.6 Å². The fourth-order valence-electron chi connectivity index (χ4n) is 4.26. The first-order valence-electron chi connectivity index (χ1n) is 10.7. The van der Waals surface area contributed by atoms with Gasteiger partial charge in [0.2, 0.25) is 0 Å². The molecule has 0 bridgehead atoms. The third-order valence-electron chi connectivity index (χ3n) is 5.87. The summed E-state index contributed by atoms with van der Waals surface area (Å²) in [5.74, 6) is 2.48. The number of nitrogens with zero attached hydrogens (tertiary/aromatic N) is 2. The second-order valence-corrected chi connectivity index (χ2v) is 7.95. The summed E-state index contributed by atoms with van der Waals surface area (Å²) in [6, 6.07) is 9.05. The summed E-state index contributed by atoms with van der Waals surface area (Å²) < 4.78 is 11.2. The van der Waals surface area contributed by atoms with E-state index in [9.17, 15) is 0 Å². The van der Waals surface area contributed by atoms with E-state index in [-0.39, 0.29) is 30.1 Å². The van der Waals surface area contributed by atoms with Gasteiger partial charge in [-0.2, -0.15) is 0 Å². The highest BCUT2D eigenvalue weighted by molar-refractivity contribution is 14.0. The van der Waals surface area contributed by atoms with Crippen molar-refractivity contribution in [1.29, 1.82) is 0 Å². The van der Waals surface area contributed by atoms with E-state index >= 15 is 0 Å². The zero-order valence-corrected chi connectivity index (χ0v) is 20.4. The molecule has 2 aliphatic rings. The highest BCUT2D eigenvalue weighted by atomic mass is 127. The van der Waals surface area contributed by atoms with Crippen molar-refractivity contribution in [2.24, 2.45) is 4.99 Å². The molecule has 0 aromatic heterocycles. The third kappa shape index (κ3) is 7.51. The number of guanidine groups is 1. The SMILES string of the molecule is CN=C(NCC(C)Oc1cccc(OC)c1)NC1CCN(C2CCCC2)CC1.I. The highest BCUT2D eigenvalue weighted by Gasteiger charge is 2.27. The number of benzene rings is 1. The average molecular weight is 516 g/mol. The Hall–Kier alpha value is -1.22.